The van der Waals surface area contributed by atoms with Gasteiger partial charge in [-0.3, -0.25) is 4.79 Å². The molecule has 0 bridgehead atoms. The molecule has 0 fully saturated rings. The fraction of sp³-hybridized carbons (Fsp3) is 0.235. The second-order valence-electron chi connectivity index (χ2n) is 5.46. The van der Waals surface area contributed by atoms with Gasteiger partial charge in [0.2, 0.25) is 0 Å². The number of nitrogens with one attached hydrogen (secondary N) is 1. The van der Waals surface area contributed by atoms with Gasteiger partial charge in [-0.2, -0.15) is 13.2 Å². The molecule has 2 aromatic rings. The Labute approximate surface area is 145 Å². The third-order valence-corrected chi connectivity index (χ3v) is 3.72. The average molecular weight is 366 g/mol. The van der Waals surface area contributed by atoms with Crippen molar-refractivity contribution < 1.29 is 32.2 Å². The first-order chi connectivity index (χ1) is 12.3. The van der Waals surface area contributed by atoms with Gasteiger partial charge in [-0.25, -0.2) is 9.78 Å². The van der Waals surface area contributed by atoms with Crippen LogP contribution in [-0.4, -0.2) is 36.8 Å². The minimum absolute atomic E-state index is 0.0547. The van der Waals surface area contributed by atoms with Crippen molar-refractivity contribution in [1.82, 2.24) is 10.3 Å². The summed E-state index contributed by atoms with van der Waals surface area (Å²) >= 11 is 0. The van der Waals surface area contributed by atoms with Gasteiger partial charge >= 0.3 is 12.1 Å². The topological polar surface area (TPSA) is 77.5 Å². The van der Waals surface area contributed by atoms with E-state index in [2.05, 4.69) is 15.0 Å². The van der Waals surface area contributed by atoms with Crippen molar-refractivity contribution in [3.05, 3.63) is 47.2 Å². The molecule has 136 valence electrons. The largest absolute Gasteiger partial charge is 0.483 e. The van der Waals surface area contributed by atoms with Crippen LogP contribution in [0, 0.1) is 0 Å². The summed E-state index contributed by atoms with van der Waals surface area (Å²) in [4.78, 5) is 28.0. The van der Waals surface area contributed by atoms with Gasteiger partial charge in [0.25, 0.3) is 5.91 Å². The van der Waals surface area contributed by atoms with Gasteiger partial charge in [0.05, 0.1) is 12.8 Å². The molecular weight excluding hydrogens is 353 g/mol. The Morgan fingerprint density at radius 3 is 2.69 bits per heavy atom. The lowest BCUT2D eigenvalue weighted by atomic mass is 10.0. The van der Waals surface area contributed by atoms with Crippen LogP contribution in [0.25, 0.3) is 11.3 Å². The Kier molecular flexibility index (Phi) is 4.54. The van der Waals surface area contributed by atoms with Crippen LogP contribution in [-0.2, 0) is 11.3 Å². The van der Waals surface area contributed by atoms with E-state index in [0.29, 0.717) is 5.56 Å². The van der Waals surface area contributed by atoms with Gasteiger partial charge < -0.3 is 14.8 Å². The molecule has 1 N–H and O–H groups in total. The fourth-order valence-corrected chi connectivity index (χ4v) is 2.60. The van der Waals surface area contributed by atoms with E-state index in [4.69, 9.17) is 4.74 Å². The fourth-order valence-electron chi connectivity index (χ4n) is 2.60. The normalized spacial score (nSPS) is 13.2. The number of rotatable bonds is 4. The number of nitrogens with zero attached hydrogens (tertiary/aromatic N) is 1. The Hall–Kier alpha value is -3.10. The molecule has 0 radical (unpaired) electrons. The molecule has 0 saturated heterocycles. The van der Waals surface area contributed by atoms with Crippen molar-refractivity contribution in [2.75, 3.05) is 13.7 Å². The molecule has 0 unspecified atom stereocenters. The summed E-state index contributed by atoms with van der Waals surface area (Å²) in [6, 6.07) is 7.29. The van der Waals surface area contributed by atoms with Gasteiger partial charge in [0.1, 0.15) is 11.4 Å². The lowest BCUT2D eigenvalue weighted by Gasteiger charge is -2.15. The average Bonchev–Trinajstić information content (AvgIpc) is 2.99. The number of esters is 1. The quantitative estimate of drug-likeness (QED) is 0.842. The van der Waals surface area contributed by atoms with Crippen LogP contribution in [0.2, 0.25) is 0 Å². The molecule has 1 aliphatic heterocycles. The van der Waals surface area contributed by atoms with Crippen molar-refractivity contribution in [1.29, 1.82) is 0 Å². The van der Waals surface area contributed by atoms with E-state index in [0.717, 1.165) is 7.11 Å². The number of carbonyl (C=O) groups is 2. The summed E-state index contributed by atoms with van der Waals surface area (Å²) < 4.78 is 47.0. The SMILES string of the molecule is COC(=O)c1cc2c(c(-c3ccccc3OCC(F)(F)F)n1)CNC2=O. The van der Waals surface area contributed by atoms with E-state index in [1.165, 1.54) is 24.3 Å². The molecule has 26 heavy (non-hydrogen) atoms. The number of para-hydroxylation sites is 1. The maximum atomic E-state index is 12.5. The van der Waals surface area contributed by atoms with Gasteiger partial charge in [-0.1, -0.05) is 12.1 Å². The van der Waals surface area contributed by atoms with Gasteiger partial charge in [0, 0.05) is 23.2 Å². The Bertz CT molecular complexity index is 881. The van der Waals surface area contributed by atoms with E-state index >= 15 is 0 Å². The molecule has 0 spiro atoms. The molecule has 1 aliphatic rings. The predicted molar refractivity (Wildman–Crippen MR) is 83.7 cm³/mol. The molecule has 9 heteroatoms. The van der Waals surface area contributed by atoms with Crippen LogP contribution in [0.5, 0.6) is 5.75 Å². The number of fused-ring (bicyclic) bond motifs is 1. The van der Waals surface area contributed by atoms with Crippen molar-refractivity contribution in [2.24, 2.45) is 0 Å². The summed E-state index contributed by atoms with van der Waals surface area (Å²) in [7, 11) is 1.16. The molecule has 2 heterocycles. The summed E-state index contributed by atoms with van der Waals surface area (Å²) in [5.74, 6) is -1.22. The first-order valence-corrected chi connectivity index (χ1v) is 7.49. The number of benzene rings is 1. The first kappa shape index (κ1) is 17.7. The molecular formula is C17H13F3N2O4. The zero-order valence-electron chi connectivity index (χ0n) is 13.5. The van der Waals surface area contributed by atoms with E-state index in [1.54, 1.807) is 6.07 Å². The molecule has 1 aromatic carbocycles. The van der Waals surface area contributed by atoms with Crippen molar-refractivity contribution in [3.8, 4) is 17.0 Å². The number of alkyl halides is 3. The summed E-state index contributed by atoms with van der Waals surface area (Å²) in [5.41, 5.74) is 1.02. The number of halogens is 3. The number of pyridine rings is 1. The number of hydrogen-bond donors (Lipinski definition) is 1. The third-order valence-electron chi connectivity index (χ3n) is 3.72. The molecule has 1 aromatic heterocycles. The van der Waals surface area contributed by atoms with Crippen LogP contribution >= 0.6 is 0 Å². The lowest BCUT2D eigenvalue weighted by molar-refractivity contribution is -0.153. The van der Waals surface area contributed by atoms with Crippen molar-refractivity contribution in [3.63, 3.8) is 0 Å². The molecule has 6 nitrogen and oxygen atoms in total. The minimum Gasteiger partial charge on any atom is -0.483 e. The highest BCUT2D eigenvalue weighted by Crippen LogP contribution is 2.35. The van der Waals surface area contributed by atoms with E-state index in [1.807, 2.05) is 0 Å². The Balaban J connectivity index is 2.12. The highest BCUT2D eigenvalue weighted by atomic mass is 19.4. The van der Waals surface area contributed by atoms with Crippen LogP contribution in [0.15, 0.2) is 30.3 Å². The minimum atomic E-state index is -4.51. The maximum Gasteiger partial charge on any atom is 0.422 e. The Morgan fingerprint density at radius 1 is 1.27 bits per heavy atom. The third kappa shape index (κ3) is 3.46. The van der Waals surface area contributed by atoms with E-state index < -0.39 is 24.7 Å². The monoisotopic (exact) mass is 366 g/mol. The number of hydrogen-bond acceptors (Lipinski definition) is 5. The highest BCUT2D eigenvalue weighted by Gasteiger charge is 2.30. The highest BCUT2D eigenvalue weighted by molar-refractivity contribution is 6.02. The van der Waals surface area contributed by atoms with Gasteiger partial charge in [-0.15, -0.1) is 0 Å². The van der Waals surface area contributed by atoms with Crippen LogP contribution in [0.1, 0.15) is 26.4 Å². The second kappa shape index (κ2) is 6.66. The second-order valence-corrected chi connectivity index (χ2v) is 5.46. The first-order valence-electron chi connectivity index (χ1n) is 7.49. The van der Waals surface area contributed by atoms with Crippen molar-refractivity contribution >= 4 is 11.9 Å². The van der Waals surface area contributed by atoms with Gasteiger partial charge in [0.15, 0.2) is 6.61 Å². The standard InChI is InChI=1S/C17H13F3N2O4/c1-25-16(24)12-6-10-11(7-21-15(10)23)14(22-12)9-4-2-3-5-13(9)26-8-17(18,19)20/h2-6H,7-8H2,1H3,(H,21,23). The summed E-state index contributed by atoms with van der Waals surface area (Å²) in [5, 5.41) is 2.60. The Morgan fingerprint density at radius 2 is 2.00 bits per heavy atom. The maximum absolute atomic E-state index is 12.5. The van der Waals surface area contributed by atoms with Gasteiger partial charge in [-0.05, 0) is 18.2 Å². The van der Waals surface area contributed by atoms with E-state index in [9.17, 15) is 22.8 Å². The van der Waals surface area contributed by atoms with E-state index in [-0.39, 0.29) is 34.8 Å². The number of methoxy groups -OCH3 is 1. The number of ether oxygens (including phenoxy) is 2. The molecule has 0 atom stereocenters. The van der Waals surface area contributed by atoms with Crippen LogP contribution in [0.4, 0.5) is 13.2 Å². The zero-order chi connectivity index (χ0) is 18.9. The lowest BCUT2D eigenvalue weighted by Crippen LogP contribution is -2.19. The van der Waals surface area contributed by atoms with Crippen LogP contribution < -0.4 is 10.1 Å². The number of aromatic nitrogens is 1. The predicted octanol–water partition coefficient (Wildman–Crippen LogP) is 2.72. The van der Waals surface area contributed by atoms with Crippen LogP contribution in [0.3, 0.4) is 0 Å². The summed E-state index contributed by atoms with van der Waals surface area (Å²) in [6.07, 6.45) is -4.51. The zero-order valence-corrected chi connectivity index (χ0v) is 13.5. The molecule has 1 amide bonds. The molecule has 3 rings (SSSR count). The smallest absolute Gasteiger partial charge is 0.422 e. The number of amides is 1. The molecule has 0 saturated carbocycles. The summed E-state index contributed by atoms with van der Waals surface area (Å²) in [6.45, 7) is -1.33. The molecule has 0 aliphatic carbocycles. The number of carbonyl (C=O) groups excluding carboxylic acids is 2. The van der Waals surface area contributed by atoms with Crippen molar-refractivity contribution in [2.45, 2.75) is 12.7 Å².